The van der Waals surface area contributed by atoms with Gasteiger partial charge in [0.15, 0.2) is 0 Å². The summed E-state index contributed by atoms with van der Waals surface area (Å²) in [5.41, 5.74) is -1.08. The number of amides is 4. The van der Waals surface area contributed by atoms with Crippen molar-refractivity contribution in [2.45, 2.75) is 46.5 Å². The van der Waals surface area contributed by atoms with Crippen LogP contribution in [0.15, 0.2) is 0 Å². The van der Waals surface area contributed by atoms with Crippen LogP contribution in [0.1, 0.15) is 46.5 Å². The van der Waals surface area contributed by atoms with Crippen molar-refractivity contribution in [3.63, 3.8) is 0 Å². The Morgan fingerprint density at radius 3 is 1.82 bits per heavy atom. The summed E-state index contributed by atoms with van der Waals surface area (Å²) < 4.78 is 0. The minimum atomic E-state index is -1.08. The van der Waals surface area contributed by atoms with Gasteiger partial charge in [0.05, 0.1) is 0 Å². The molecule has 0 unspecified atom stereocenters. The van der Waals surface area contributed by atoms with Crippen molar-refractivity contribution in [3.8, 4) is 0 Å². The molecule has 1 aliphatic heterocycles. The zero-order chi connectivity index (χ0) is 13.1. The van der Waals surface area contributed by atoms with E-state index >= 15 is 0 Å². The second-order valence-electron chi connectivity index (χ2n) is 4.47. The SMILES string of the molecule is CCCC1(C(CC)CC)C(=O)NC(=O)NC1=O. The molecule has 0 radical (unpaired) electrons. The number of carbonyl (C=O) groups is 3. The highest BCUT2D eigenvalue weighted by molar-refractivity contribution is 6.19. The lowest BCUT2D eigenvalue weighted by atomic mass is 9.67. The van der Waals surface area contributed by atoms with Crippen molar-refractivity contribution in [1.29, 1.82) is 0 Å². The molecular formula is C12H20N2O3. The summed E-state index contributed by atoms with van der Waals surface area (Å²) in [6.45, 7) is 5.85. The van der Waals surface area contributed by atoms with E-state index in [-0.39, 0.29) is 5.92 Å². The average Bonchev–Trinajstić information content (AvgIpc) is 2.26. The average molecular weight is 240 g/mol. The maximum Gasteiger partial charge on any atom is 0.328 e. The molecule has 4 amide bonds. The number of hydrogen-bond acceptors (Lipinski definition) is 3. The normalized spacial score (nSPS) is 19.2. The Morgan fingerprint density at radius 1 is 1.00 bits per heavy atom. The minimum absolute atomic E-state index is 0.0319. The van der Waals surface area contributed by atoms with Crippen molar-refractivity contribution < 1.29 is 14.4 Å². The Hall–Kier alpha value is -1.39. The highest BCUT2D eigenvalue weighted by atomic mass is 16.2. The first-order valence-electron chi connectivity index (χ1n) is 6.19. The molecule has 0 aromatic carbocycles. The molecule has 0 atom stereocenters. The summed E-state index contributed by atoms with van der Waals surface area (Å²) in [4.78, 5) is 35.3. The fourth-order valence-electron chi connectivity index (χ4n) is 2.75. The number of barbiturate groups is 1. The van der Waals surface area contributed by atoms with Gasteiger partial charge >= 0.3 is 6.03 Å². The third-order valence-corrected chi connectivity index (χ3v) is 3.59. The zero-order valence-electron chi connectivity index (χ0n) is 10.6. The Labute approximate surface area is 101 Å². The summed E-state index contributed by atoms with van der Waals surface area (Å²) in [5.74, 6) is -0.917. The molecule has 0 bridgehead atoms. The monoisotopic (exact) mass is 240 g/mol. The van der Waals surface area contributed by atoms with Crippen molar-refractivity contribution in [1.82, 2.24) is 10.6 Å². The lowest BCUT2D eigenvalue weighted by molar-refractivity contribution is -0.149. The van der Waals surface area contributed by atoms with E-state index in [1.54, 1.807) is 0 Å². The first kappa shape index (κ1) is 13.7. The molecule has 1 saturated heterocycles. The number of hydrogen-bond donors (Lipinski definition) is 2. The topological polar surface area (TPSA) is 75.3 Å². The molecule has 0 spiro atoms. The largest absolute Gasteiger partial charge is 0.328 e. The van der Waals surface area contributed by atoms with E-state index in [1.165, 1.54) is 0 Å². The molecule has 0 aliphatic carbocycles. The van der Waals surface area contributed by atoms with E-state index in [9.17, 15) is 14.4 Å². The highest BCUT2D eigenvalue weighted by Crippen LogP contribution is 2.39. The van der Waals surface area contributed by atoms with Gasteiger partial charge in [-0.2, -0.15) is 0 Å². The standard InChI is InChI=1S/C12H20N2O3/c1-4-7-12(8(5-2)6-3)9(15)13-11(17)14-10(12)16/h8H,4-7H2,1-3H3,(H2,13,14,15,16,17). The van der Waals surface area contributed by atoms with Gasteiger partial charge in [-0.25, -0.2) is 4.79 Å². The van der Waals surface area contributed by atoms with E-state index < -0.39 is 23.3 Å². The van der Waals surface area contributed by atoms with E-state index in [0.29, 0.717) is 6.42 Å². The third kappa shape index (κ3) is 2.18. The molecular weight excluding hydrogens is 220 g/mol. The van der Waals surface area contributed by atoms with Crippen molar-refractivity contribution >= 4 is 17.8 Å². The van der Waals surface area contributed by atoms with Crippen LogP contribution in [-0.4, -0.2) is 17.8 Å². The van der Waals surface area contributed by atoms with Crippen LogP contribution >= 0.6 is 0 Å². The molecule has 5 heteroatoms. The van der Waals surface area contributed by atoms with Crippen LogP contribution in [0.25, 0.3) is 0 Å². The molecule has 0 saturated carbocycles. The molecule has 0 aromatic rings. The zero-order valence-corrected chi connectivity index (χ0v) is 10.6. The molecule has 1 aliphatic rings. The van der Waals surface area contributed by atoms with Gasteiger partial charge in [0.2, 0.25) is 11.8 Å². The minimum Gasteiger partial charge on any atom is -0.277 e. The molecule has 5 nitrogen and oxygen atoms in total. The molecule has 1 heterocycles. The molecule has 1 fully saturated rings. The van der Waals surface area contributed by atoms with Crippen LogP contribution in [0, 0.1) is 11.3 Å². The summed E-state index contributed by atoms with van der Waals surface area (Å²) in [6.07, 6.45) is 2.69. The van der Waals surface area contributed by atoms with E-state index in [0.717, 1.165) is 19.3 Å². The quantitative estimate of drug-likeness (QED) is 0.716. The van der Waals surface area contributed by atoms with Crippen LogP contribution in [0.5, 0.6) is 0 Å². The third-order valence-electron chi connectivity index (χ3n) is 3.59. The van der Waals surface area contributed by atoms with E-state index in [1.807, 2.05) is 20.8 Å². The number of urea groups is 1. The lowest BCUT2D eigenvalue weighted by Gasteiger charge is -2.39. The summed E-state index contributed by atoms with van der Waals surface area (Å²) in [5, 5.41) is 4.45. The van der Waals surface area contributed by atoms with Gasteiger partial charge in [0, 0.05) is 0 Å². The summed E-state index contributed by atoms with van der Waals surface area (Å²) in [7, 11) is 0. The van der Waals surface area contributed by atoms with Crippen LogP contribution < -0.4 is 10.6 Å². The first-order chi connectivity index (χ1) is 8.02. The highest BCUT2D eigenvalue weighted by Gasteiger charge is 2.53. The fourth-order valence-corrected chi connectivity index (χ4v) is 2.75. The number of nitrogens with one attached hydrogen (secondary N) is 2. The van der Waals surface area contributed by atoms with Crippen LogP contribution in [0.4, 0.5) is 4.79 Å². The Balaban J connectivity index is 3.16. The summed E-state index contributed by atoms with van der Waals surface area (Å²) in [6, 6.07) is -0.710. The number of rotatable bonds is 5. The van der Waals surface area contributed by atoms with Gasteiger partial charge in [0.25, 0.3) is 0 Å². The molecule has 17 heavy (non-hydrogen) atoms. The van der Waals surface area contributed by atoms with Gasteiger partial charge in [-0.05, 0) is 12.3 Å². The Kier molecular flexibility index (Phi) is 4.26. The van der Waals surface area contributed by atoms with Crippen LogP contribution in [0.3, 0.4) is 0 Å². The molecule has 96 valence electrons. The smallest absolute Gasteiger partial charge is 0.277 e. The van der Waals surface area contributed by atoms with Crippen molar-refractivity contribution in [3.05, 3.63) is 0 Å². The predicted molar refractivity (Wildman–Crippen MR) is 63.1 cm³/mol. The van der Waals surface area contributed by atoms with Crippen LogP contribution in [0.2, 0.25) is 0 Å². The Bertz CT molecular complexity index is 315. The number of carbonyl (C=O) groups excluding carboxylic acids is 3. The Morgan fingerprint density at radius 2 is 1.47 bits per heavy atom. The molecule has 1 rings (SSSR count). The van der Waals surface area contributed by atoms with Crippen molar-refractivity contribution in [2.24, 2.45) is 11.3 Å². The fraction of sp³-hybridized carbons (Fsp3) is 0.750. The predicted octanol–water partition coefficient (Wildman–Crippen LogP) is 1.58. The molecule has 2 N–H and O–H groups in total. The molecule has 0 aromatic heterocycles. The number of imide groups is 2. The summed E-state index contributed by atoms with van der Waals surface area (Å²) >= 11 is 0. The lowest BCUT2D eigenvalue weighted by Crippen LogP contribution is -2.64. The first-order valence-corrected chi connectivity index (χ1v) is 6.19. The maximum atomic E-state index is 12.1. The van der Waals surface area contributed by atoms with Crippen LogP contribution in [-0.2, 0) is 9.59 Å². The second kappa shape index (κ2) is 5.29. The second-order valence-corrected chi connectivity index (χ2v) is 4.47. The van der Waals surface area contributed by atoms with E-state index in [2.05, 4.69) is 10.6 Å². The van der Waals surface area contributed by atoms with Gasteiger partial charge in [-0.1, -0.05) is 40.0 Å². The van der Waals surface area contributed by atoms with Gasteiger partial charge in [-0.3, -0.25) is 20.2 Å². The van der Waals surface area contributed by atoms with Gasteiger partial charge in [0.1, 0.15) is 5.41 Å². The van der Waals surface area contributed by atoms with Gasteiger partial charge in [-0.15, -0.1) is 0 Å². The van der Waals surface area contributed by atoms with Gasteiger partial charge < -0.3 is 0 Å². The van der Waals surface area contributed by atoms with E-state index in [4.69, 9.17) is 0 Å². The van der Waals surface area contributed by atoms with Crippen molar-refractivity contribution in [2.75, 3.05) is 0 Å². The maximum absolute atomic E-state index is 12.1.